The highest BCUT2D eigenvalue weighted by molar-refractivity contribution is 5.10. The summed E-state index contributed by atoms with van der Waals surface area (Å²) in [5.74, 6) is 0.395. The lowest BCUT2D eigenvalue weighted by molar-refractivity contribution is 0.0478. The molecule has 1 aromatic heterocycles. The van der Waals surface area contributed by atoms with Crippen molar-refractivity contribution < 1.29 is 5.11 Å². The molecule has 4 heteroatoms. The van der Waals surface area contributed by atoms with Crippen molar-refractivity contribution in [3.05, 3.63) is 27.9 Å². The fraction of sp³-hybridized carbons (Fsp3) is 0.667. The van der Waals surface area contributed by atoms with Gasteiger partial charge in [0, 0.05) is 6.20 Å². The number of aliphatic hydroxyl groups is 1. The molecule has 2 N–H and O–H groups in total. The van der Waals surface area contributed by atoms with E-state index in [1.54, 1.807) is 13.1 Å². The highest BCUT2D eigenvalue weighted by Gasteiger charge is 2.22. The van der Waals surface area contributed by atoms with E-state index in [1.807, 2.05) is 20.8 Å². The number of nitrogens with one attached hydrogen (secondary N) is 1. The maximum atomic E-state index is 11.7. The summed E-state index contributed by atoms with van der Waals surface area (Å²) in [5, 5.41) is 9.98. The van der Waals surface area contributed by atoms with Gasteiger partial charge in [0.05, 0.1) is 5.69 Å². The van der Waals surface area contributed by atoms with E-state index in [0.717, 1.165) is 0 Å². The first-order chi connectivity index (χ1) is 7.36. The van der Waals surface area contributed by atoms with E-state index >= 15 is 0 Å². The molecular weight excluding hydrogens is 204 g/mol. The van der Waals surface area contributed by atoms with Crippen LogP contribution in [0.2, 0.25) is 0 Å². The molecule has 0 aliphatic heterocycles. The summed E-state index contributed by atoms with van der Waals surface area (Å²) in [6, 6.07) is 0. The van der Waals surface area contributed by atoms with Crippen molar-refractivity contribution in [1.29, 1.82) is 0 Å². The van der Waals surface area contributed by atoms with Gasteiger partial charge in [0.15, 0.2) is 0 Å². The fourth-order valence-electron chi connectivity index (χ4n) is 1.42. The summed E-state index contributed by atoms with van der Waals surface area (Å²) in [6.45, 7) is 7.61. The van der Waals surface area contributed by atoms with Crippen LogP contribution in [0.15, 0.2) is 11.0 Å². The minimum atomic E-state index is -1.01. The Morgan fingerprint density at radius 1 is 1.56 bits per heavy atom. The second-order valence-electron chi connectivity index (χ2n) is 4.80. The van der Waals surface area contributed by atoms with E-state index in [9.17, 15) is 9.90 Å². The maximum absolute atomic E-state index is 11.7. The number of nitrogens with zero attached hydrogens (tertiary/aromatic N) is 1. The van der Waals surface area contributed by atoms with Crippen molar-refractivity contribution in [1.82, 2.24) is 9.97 Å². The first kappa shape index (κ1) is 12.9. The van der Waals surface area contributed by atoms with E-state index in [1.165, 1.54) is 0 Å². The Bertz CT molecular complexity index is 408. The third-order valence-electron chi connectivity index (χ3n) is 2.73. The minimum Gasteiger partial charge on any atom is -0.384 e. The lowest BCUT2D eigenvalue weighted by atomic mass is 9.99. The maximum Gasteiger partial charge on any atom is 0.269 e. The van der Waals surface area contributed by atoms with Gasteiger partial charge in [-0.05, 0) is 25.7 Å². The fourth-order valence-corrected chi connectivity index (χ4v) is 1.42. The monoisotopic (exact) mass is 224 g/mol. The zero-order chi connectivity index (χ0) is 12.3. The van der Waals surface area contributed by atoms with Crippen LogP contribution in [0.5, 0.6) is 0 Å². The average molecular weight is 224 g/mol. The lowest BCUT2D eigenvalue weighted by Gasteiger charge is -2.20. The summed E-state index contributed by atoms with van der Waals surface area (Å²) in [5.41, 5.74) is -0.194. The molecule has 0 aliphatic carbocycles. The molecule has 0 bridgehead atoms. The third kappa shape index (κ3) is 2.92. The smallest absolute Gasteiger partial charge is 0.269 e. The molecular formula is C12H20N2O2. The molecule has 0 fully saturated rings. The molecule has 1 heterocycles. The van der Waals surface area contributed by atoms with E-state index in [0.29, 0.717) is 30.1 Å². The minimum absolute atomic E-state index is 0.195. The number of hydrogen-bond acceptors (Lipinski definition) is 3. The quantitative estimate of drug-likeness (QED) is 0.816. The normalized spacial score (nSPS) is 15.1. The SMILES string of the molecule is CCC(C)(O)c1cnc(CC(C)C)c(=O)[nH]1. The Balaban J connectivity index is 3.05. The van der Waals surface area contributed by atoms with Crippen LogP contribution in [0.3, 0.4) is 0 Å². The zero-order valence-electron chi connectivity index (χ0n) is 10.4. The first-order valence-corrected chi connectivity index (χ1v) is 5.68. The van der Waals surface area contributed by atoms with E-state index in [4.69, 9.17) is 0 Å². The molecule has 0 saturated carbocycles. The van der Waals surface area contributed by atoms with E-state index in [-0.39, 0.29) is 5.56 Å². The van der Waals surface area contributed by atoms with Crippen molar-refractivity contribution in [3.8, 4) is 0 Å². The summed E-state index contributed by atoms with van der Waals surface area (Å²) in [7, 11) is 0. The summed E-state index contributed by atoms with van der Waals surface area (Å²) in [6.07, 6.45) is 2.75. The number of aromatic amines is 1. The largest absolute Gasteiger partial charge is 0.384 e. The van der Waals surface area contributed by atoms with Crippen LogP contribution in [-0.2, 0) is 12.0 Å². The molecule has 4 nitrogen and oxygen atoms in total. The Kier molecular flexibility index (Phi) is 3.86. The van der Waals surface area contributed by atoms with Crippen LogP contribution >= 0.6 is 0 Å². The standard InChI is InChI=1S/C12H20N2O2/c1-5-12(4,16)10-7-13-9(6-8(2)3)11(15)14-10/h7-8,16H,5-6H2,1-4H3,(H,14,15). The van der Waals surface area contributed by atoms with Crippen molar-refractivity contribution in [2.24, 2.45) is 5.92 Å². The molecule has 90 valence electrons. The number of H-pyrrole nitrogens is 1. The van der Waals surface area contributed by atoms with E-state index < -0.39 is 5.60 Å². The number of aromatic nitrogens is 2. The number of hydrogen-bond donors (Lipinski definition) is 2. The summed E-state index contributed by atoms with van der Waals surface area (Å²) < 4.78 is 0. The molecule has 16 heavy (non-hydrogen) atoms. The first-order valence-electron chi connectivity index (χ1n) is 5.68. The van der Waals surface area contributed by atoms with Gasteiger partial charge in [0.25, 0.3) is 5.56 Å². The van der Waals surface area contributed by atoms with Crippen molar-refractivity contribution in [3.63, 3.8) is 0 Å². The van der Waals surface area contributed by atoms with Gasteiger partial charge in [-0.2, -0.15) is 0 Å². The van der Waals surface area contributed by atoms with E-state index in [2.05, 4.69) is 9.97 Å². The van der Waals surface area contributed by atoms with Crippen LogP contribution in [0.25, 0.3) is 0 Å². The average Bonchev–Trinajstić information content (AvgIpc) is 2.20. The molecule has 0 radical (unpaired) electrons. The Morgan fingerprint density at radius 3 is 2.62 bits per heavy atom. The van der Waals surface area contributed by atoms with Gasteiger partial charge in [-0.1, -0.05) is 20.8 Å². The predicted molar refractivity (Wildman–Crippen MR) is 63.3 cm³/mol. The molecule has 0 aliphatic rings. The Labute approximate surface area is 95.7 Å². The Hall–Kier alpha value is -1.16. The highest BCUT2D eigenvalue weighted by Crippen LogP contribution is 2.20. The van der Waals surface area contributed by atoms with Gasteiger partial charge in [0.1, 0.15) is 11.3 Å². The molecule has 0 saturated heterocycles. The molecule has 1 aromatic rings. The molecule has 1 rings (SSSR count). The second-order valence-corrected chi connectivity index (χ2v) is 4.80. The lowest BCUT2D eigenvalue weighted by Crippen LogP contribution is -2.27. The molecule has 1 atom stereocenters. The Morgan fingerprint density at radius 2 is 2.19 bits per heavy atom. The zero-order valence-corrected chi connectivity index (χ0v) is 10.4. The van der Waals surface area contributed by atoms with Gasteiger partial charge in [-0.3, -0.25) is 9.78 Å². The second kappa shape index (κ2) is 4.78. The van der Waals surface area contributed by atoms with Gasteiger partial charge >= 0.3 is 0 Å². The van der Waals surface area contributed by atoms with Gasteiger partial charge in [-0.15, -0.1) is 0 Å². The molecule has 0 amide bonds. The summed E-state index contributed by atoms with van der Waals surface area (Å²) >= 11 is 0. The van der Waals surface area contributed by atoms with Crippen LogP contribution in [0.1, 0.15) is 45.5 Å². The van der Waals surface area contributed by atoms with Crippen molar-refractivity contribution >= 4 is 0 Å². The van der Waals surface area contributed by atoms with Crippen LogP contribution in [0.4, 0.5) is 0 Å². The van der Waals surface area contributed by atoms with Gasteiger partial charge in [0.2, 0.25) is 0 Å². The molecule has 1 unspecified atom stereocenters. The highest BCUT2D eigenvalue weighted by atomic mass is 16.3. The molecule has 0 spiro atoms. The topological polar surface area (TPSA) is 66.0 Å². The van der Waals surface area contributed by atoms with Crippen LogP contribution < -0.4 is 5.56 Å². The van der Waals surface area contributed by atoms with Crippen LogP contribution in [-0.4, -0.2) is 15.1 Å². The number of rotatable bonds is 4. The van der Waals surface area contributed by atoms with Crippen molar-refractivity contribution in [2.75, 3.05) is 0 Å². The van der Waals surface area contributed by atoms with Crippen LogP contribution in [0, 0.1) is 5.92 Å². The van der Waals surface area contributed by atoms with Gasteiger partial charge < -0.3 is 10.1 Å². The van der Waals surface area contributed by atoms with Crippen molar-refractivity contribution in [2.45, 2.75) is 46.1 Å². The third-order valence-corrected chi connectivity index (χ3v) is 2.73. The predicted octanol–water partition coefficient (Wildman–Crippen LogP) is 1.59. The molecule has 0 aromatic carbocycles. The summed E-state index contributed by atoms with van der Waals surface area (Å²) in [4.78, 5) is 18.5. The van der Waals surface area contributed by atoms with Gasteiger partial charge in [-0.25, -0.2) is 0 Å².